The Morgan fingerprint density at radius 2 is 2.03 bits per heavy atom. The molecule has 0 spiro atoms. The minimum Gasteiger partial charge on any atom is -0.497 e. The van der Waals surface area contributed by atoms with E-state index in [1.54, 1.807) is 12.7 Å². The summed E-state index contributed by atoms with van der Waals surface area (Å²) in [6, 6.07) is 6.68. The van der Waals surface area contributed by atoms with Crippen LogP contribution < -0.4 is 4.74 Å². The van der Waals surface area contributed by atoms with Gasteiger partial charge in [0.15, 0.2) is 0 Å². The van der Waals surface area contributed by atoms with Crippen LogP contribution in [0, 0.1) is 17.3 Å². The van der Waals surface area contributed by atoms with E-state index in [1.165, 1.54) is 24.8 Å². The minimum atomic E-state index is -0.0124. The van der Waals surface area contributed by atoms with Gasteiger partial charge in [0.2, 0.25) is 0 Å². The van der Waals surface area contributed by atoms with Crippen LogP contribution in [0.2, 0.25) is 0 Å². The maximum atomic E-state index is 12.7. The van der Waals surface area contributed by atoms with Gasteiger partial charge >= 0.3 is 5.97 Å². The third-order valence-corrected chi connectivity index (χ3v) is 8.86. The summed E-state index contributed by atoms with van der Waals surface area (Å²) in [5.41, 5.74) is 3.16. The number of rotatable bonds is 5. The Kier molecular flexibility index (Phi) is 6.00. The number of nitrogens with zero attached hydrogens (tertiary/aromatic N) is 1. The highest BCUT2D eigenvalue weighted by Gasteiger charge is 2.56. The standard InChI is InChI=1S/C26H37NO4/c1-26-11-9-21-20-6-4-19(29-2)17-18(20)3-5-22(21)23(26)7-8-24(26)31-25(28)10-12-27-13-15-30-16-14-27/h4,6,17,21-24H,3,5,7-16H2,1-2H3/t21-,22-,23-,24-,26+/m1/s1. The van der Waals surface area contributed by atoms with Crippen LogP contribution in [-0.4, -0.2) is 56.9 Å². The molecule has 31 heavy (non-hydrogen) atoms. The van der Waals surface area contributed by atoms with Gasteiger partial charge in [-0.3, -0.25) is 9.69 Å². The molecule has 1 aromatic carbocycles. The Morgan fingerprint density at radius 1 is 1.19 bits per heavy atom. The molecule has 4 aliphatic rings. The van der Waals surface area contributed by atoms with Crippen molar-refractivity contribution in [3.63, 3.8) is 0 Å². The molecular weight excluding hydrogens is 390 g/mol. The summed E-state index contributed by atoms with van der Waals surface area (Å²) in [5, 5.41) is 0. The van der Waals surface area contributed by atoms with Crippen LogP contribution in [-0.2, 0) is 20.7 Å². The molecular formula is C26H37NO4. The fourth-order valence-corrected chi connectivity index (χ4v) is 7.12. The first-order valence-corrected chi connectivity index (χ1v) is 12.2. The number of benzene rings is 1. The predicted molar refractivity (Wildman–Crippen MR) is 119 cm³/mol. The first-order valence-electron chi connectivity index (χ1n) is 12.2. The van der Waals surface area contributed by atoms with Gasteiger partial charge in [0.05, 0.1) is 26.7 Å². The molecule has 1 saturated heterocycles. The molecule has 0 radical (unpaired) electrons. The van der Waals surface area contributed by atoms with Crippen molar-refractivity contribution in [2.75, 3.05) is 40.0 Å². The predicted octanol–water partition coefficient (Wildman–Crippen LogP) is 4.19. The Morgan fingerprint density at radius 3 is 2.84 bits per heavy atom. The minimum absolute atomic E-state index is 0.0124. The van der Waals surface area contributed by atoms with Crippen molar-refractivity contribution < 1.29 is 19.0 Å². The van der Waals surface area contributed by atoms with Crippen molar-refractivity contribution >= 4 is 5.97 Å². The summed E-state index contributed by atoms with van der Waals surface area (Å²) in [7, 11) is 1.75. The zero-order valence-electron chi connectivity index (χ0n) is 19.1. The van der Waals surface area contributed by atoms with Gasteiger partial charge in [-0.2, -0.15) is 0 Å². The molecule has 1 heterocycles. The Labute approximate surface area is 186 Å². The van der Waals surface area contributed by atoms with Crippen molar-refractivity contribution in [1.82, 2.24) is 4.90 Å². The molecule has 0 aromatic heterocycles. The monoisotopic (exact) mass is 427 g/mol. The molecule has 1 aliphatic heterocycles. The van der Waals surface area contributed by atoms with E-state index in [4.69, 9.17) is 14.2 Å². The van der Waals surface area contributed by atoms with Crippen LogP contribution in [0.4, 0.5) is 0 Å². The number of fused-ring (bicyclic) bond motifs is 5. The van der Waals surface area contributed by atoms with Gasteiger partial charge in [0.1, 0.15) is 11.9 Å². The number of methoxy groups -OCH3 is 1. The van der Waals surface area contributed by atoms with Gasteiger partial charge in [0.25, 0.3) is 0 Å². The fourth-order valence-electron chi connectivity index (χ4n) is 7.12. The zero-order valence-corrected chi connectivity index (χ0v) is 19.1. The first kappa shape index (κ1) is 21.3. The second kappa shape index (κ2) is 8.74. The van der Waals surface area contributed by atoms with Gasteiger partial charge in [-0.15, -0.1) is 0 Å². The van der Waals surface area contributed by atoms with Gasteiger partial charge in [-0.05, 0) is 79.5 Å². The largest absolute Gasteiger partial charge is 0.497 e. The van der Waals surface area contributed by atoms with E-state index in [0.717, 1.165) is 63.8 Å². The number of morpholine rings is 1. The Bertz CT molecular complexity index is 805. The molecule has 5 heteroatoms. The smallest absolute Gasteiger partial charge is 0.307 e. The normalized spacial score (nSPS) is 35.0. The van der Waals surface area contributed by atoms with E-state index in [1.807, 2.05) is 0 Å². The maximum Gasteiger partial charge on any atom is 0.307 e. The van der Waals surface area contributed by atoms with E-state index in [-0.39, 0.29) is 17.5 Å². The second-order valence-corrected chi connectivity index (χ2v) is 10.3. The Hall–Kier alpha value is -1.59. The molecule has 1 aromatic rings. The molecule has 0 bridgehead atoms. The van der Waals surface area contributed by atoms with E-state index in [0.29, 0.717) is 18.3 Å². The lowest BCUT2D eigenvalue weighted by molar-refractivity contribution is -0.158. The van der Waals surface area contributed by atoms with E-state index >= 15 is 0 Å². The summed E-state index contributed by atoms with van der Waals surface area (Å²) >= 11 is 0. The van der Waals surface area contributed by atoms with Crippen molar-refractivity contribution in [2.45, 2.75) is 63.9 Å². The molecule has 5 atom stereocenters. The van der Waals surface area contributed by atoms with Crippen LogP contribution in [0.25, 0.3) is 0 Å². The maximum absolute atomic E-state index is 12.7. The lowest BCUT2D eigenvalue weighted by Crippen LogP contribution is -2.45. The molecule has 3 aliphatic carbocycles. The van der Waals surface area contributed by atoms with Gasteiger partial charge in [0, 0.05) is 25.0 Å². The molecule has 0 amide bonds. The van der Waals surface area contributed by atoms with Gasteiger partial charge in [-0.25, -0.2) is 0 Å². The highest BCUT2D eigenvalue weighted by atomic mass is 16.5. The number of ether oxygens (including phenoxy) is 3. The molecule has 5 rings (SSSR count). The lowest BCUT2D eigenvalue weighted by Gasteiger charge is -2.50. The zero-order chi connectivity index (χ0) is 21.4. The van der Waals surface area contributed by atoms with Crippen LogP contribution >= 0.6 is 0 Å². The second-order valence-electron chi connectivity index (χ2n) is 10.3. The van der Waals surface area contributed by atoms with Crippen LogP contribution in [0.3, 0.4) is 0 Å². The summed E-state index contributed by atoms with van der Waals surface area (Å²) in [5.74, 6) is 3.00. The van der Waals surface area contributed by atoms with E-state index in [2.05, 4.69) is 30.0 Å². The Balaban J connectivity index is 1.23. The lowest BCUT2D eigenvalue weighted by atomic mass is 9.55. The SMILES string of the molecule is COc1ccc2c(c1)CC[C@@H]1[C@@H]2CC[C@@]2(C)[C@@H]1CC[C@H]2OC(=O)CCN1CCOCC1. The van der Waals surface area contributed by atoms with Gasteiger partial charge < -0.3 is 14.2 Å². The third-order valence-electron chi connectivity index (χ3n) is 8.86. The van der Waals surface area contributed by atoms with Crippen molar-refractivity contribution in [3.05, 3.63) is 29.3 Å². The molecule has 0 N–H and O–H groups in total. The molecule has 170 valence electrons. The van der Waals surface area contributed by atoms with E-state index < -0.39 is 0 Å². The first-order chi connectivity index (χ1) is 15.1. The number of aryl methyl sites for hydroxylation is 1. The summed E-state index contributed by atoms with van der Waals surface area (Å²) < 4.78 is 17.0. The van der Waals surface area contributed by atoms with Crippen LogP contribution in [0.5, 0.6) is 5.75 Å². The molecule has 0 unspecified atom stereocenters. The van der Waals surface area contributed by atoms with Crippen molar-refractivity contribution in [1.29, 1.82) is 0 Å². The highest BCUT2D eigenvalue weighted by molar-refractivity contribution is 5.70. The number of carbonyl (C=O) groups is 1. The molecule has 5 nitrogen and oxygen atoms in total. The third kappa shape index (κ3) is 4.00. The summed E-state index contributed by atoms with van der Waals surface area (Å²) in [4.78, 5) is 15.0. The molecule has 2 saturated carbocycles. The number of hydrogen-bond acceptors (Lipinski definition) is 5. The van der Waals surface area contributed by atoms with Gasteiger partial charge in [-0.1, -0.05) is 13.0 Å². The van der Waals surface area contributed by atoms with E-state index in [9.17, 15) is 4.79 Å². The topological polar surface area (TPSA) is 48.0 Å². The van der Waals surface area contributed by atoms with Crippen LogP contribution in [0.1, 0.15) is 62.5 Å². The van der Waals surface area contributed by atoms with Crippen molar-refractivity contribution in [3.8, 4) is 5.75 Å². The molecule has 3 fully saturated rings. The summed E-state index contributed by atoms with van der Waals surface area (Å²) in [6.07, 6.45) is 7.58. The number of carbonyl (C=O) groups excluding carboxylic acids is 1. The number of hydrogen-bond donors (Lipinski definition) is 0. The summed E-state index contributed by atoms with van der Waals surface area (Å²) in [6.45, 7) is 6.59. The number of esters is 1. The highest BCUT2D eigenvalue weighted by Crippen LogP contribution is 2.61. The van der Waals surface area contributed by atoms with Crippen LogP contribution in [0.15, 0.2) is 18.2 Å². The van der Waals surface area contributed by atoms with Crippen molar-refractivity contribution in [2.24, 2.45) is 17.3 Å². The fraction of sp³-hybridized carbons (Fsp3) is 0.731. The average molecular weight is 428 g/mol. The quantitative estimate of drug-likeness (QED) is 0.660. The average Bonchev–Trinajstić information content (AvgIpc) is 3.13.